The molecule has 0 aliphatic carbocycles. The number of nitrogens with zero attached hydrogens (tertiary/aromatic N) is 1. The number of nitrogens with two attached hydrogens (primary N) is 1. The van der Waals surface area contributed by atoms with E-state index >= 15 is 0 Å². The molecule has 5 heteroatoms. The summed E-state index contributed by atoms with van der Waals surface area (Å²) in [6.45, 7) is 1.72. The van der Waals surface area contributed by atoms with Gasteiger partial charge in [0.15, 0.2) is 0 Å². The third-order valence-electron chi connectivity index (χ3n) is 2.69. The molecular weight excluding hydrogens is 363 g/mol. The Hall–Kier alpha value is -0.780. The first kappa shape index (κ1) is 13.6. The molecule has 0 aliphatic heterocycles. The highest BCUT2D eigenvalue weighted by atomic mass is 79.9. The summed E-state index contributed by atoms with van der Waals surface area (Å²) in [7, 11) is 0. The van der Waals surface area contributed by atoms with Crippen molar-refractivity contribution in [2.45, 2.75) is 13.0 Å². The third kappa shape index (κ3) is 2.79. The van der Waals surface area contributed by atoms with E-state index in [1.807, 2.05) is 12.1 Å². The van der Waals surface area contributed by atoms with Gasteiger partial charge in [0.05, 0.1) is 11.7 Å². The van der Waals surface area contributed by atoms with Crippen molar-refractivity contribution < 1.29 is 4.39 Å². The second-order valence-electron chi connectivity index (χ2n) is 4.01. The maximum Gasteiger partial charge on any atom is 0.126 e. The molecule has 0 amide bonds. The molecular formula is C13H11Br2FN2. The lowest BCUT2D eigenvalue weighted by atomic mass is 10.0. The fourth-order valence-corrected chi connectivity index (χ4v) is 2.85. The van der Waals surface area contributed by atoms with Crippen LogP contribution < -0.4 is 5.73 Å². The maximum atomic E-state index is 13.5. The van der Waals surface area contributed by atoms with Gasteiger partial charge in [-0.15, -0.1) is 0 Å². The molecule has 2 nitrogen and oxygen atoms in total. The van der Waals surface area contributed by atoms with Gasteiger partial charge >= 0.3 is 0 Å². The Kier molecular flexibility index (Phi) is 4.14. The minimum atomic E-state index is -0.456. The minimum Gasteiger partial charge on any atom is -0.319 e. The monoisotopic (exact) mass is 372 g/mol. The van der Waals surface area contributed by atoms with Crippen LogP contribution in [0.2, 0.25) is 0 Å². The van der Waals surface area contributed by atoms with Crippen LogP contribution in [0.25, 0.3) is 0 Å². The third-order valence-corrected chi connectivity index (χ3v) is 3.75. The molecule has 0 saturated carbocycles. The molecule has 1 atom stereocenters. The normalized spacial score (nSPS) is 12.5. The Bertz CT molecular complexity index is 587. The van der Waals surface area contributed by atoms with Gasteiger partial charge in [-0.05, 0) is 62.0 Å². The van der Waals surface area contributed by atoms with Crippen LogP contribution in [0.4, 0.5) is 4.39 Å². The fourth-order valence-electron chi connectivity index (χ4n) is 1.61. The summed E-state index contributed by atoms with van der Waals surface area (Å²) in [6.07, 6.45) is 1.67. The van der Waals surface area contributed by atoms with Crippen LogP contribution in [-0.4, -0.2) is 4.98 Å². The molecule has 0 spiro atoms. The van der Waals surface area contributed by atoms with Crippen LogP contribution in [0.5, 0.6) is 0 Å². The second-order valence-corrected chi connectivity index (χ2v) is 5.78. The van der Waals surface area contributed by atoms with E-state index in [0.717, 1.165) is 8.95 Å². The van der Waals surface area contributed by atoms with E-state index in [2.05, 4.69) is 36.8 Å². The number of hydrogen-bond donors (Lipinski definition) is 1. The number of rotatable bonds is 2. The second kappa shape index (κ2) is 5.47. The Morgan fingerprint density at radius 1 is 1.28 bits per heavy atom. The standard InChI is InChI=1S/C13H11Br2FN2/c1-7-2-3-8(4-11(7)16)12(17)13-10(15)5-9(14)6-18-13/h2-6,12H,17H2,1H3. The molecule has 18 heavy (non-hydrogen) atoms. The van der Waals surface area contributed by atoms with E-state index in [1.54, 1.807) is 19.2 Å². The number of halogens is 3. The zero-order valence-electron chi connectivity index (χ0n) is 9.62. The van der Waals surface area contributed by atoms with E-state index in [-0.39, 0.29) is 5.82 Å². The van der Waals surface area contributed by atoms with Crippen molar-refractivity contribution in [3.8, 4) is 0 Å². The molecule has 0 fully saturated rings. The van der Waals surface area contributed by atoms with Crippen molar-refractivity contribution in [3.05, 3.63) is 62.0 Å². The summed E-state index contributed by atoms with van der Waals surface area (Å²) in [5.41, 5.74) is 8.10. The number of hydrogen-bond acceptors (Lipinski definition) is 2. The molecule has 1 heterocycles. The molecule has 0 aliphatic rings. The lowest BCUT2D eigenvalue weighted by molar-refractivity contribution is 0.614. The molecule has 1 aromatic heterocycles. The first-order valence-electron chi connectivity index (χ1n) is 5.31. The van der Waals surface area contributed by atoms with Crippen molar-refractivity contribution in [1.82, 2.24) is 4.98 Å². The van der Waals surface area contributed by atoms with Gasteiger partial charge in [-0.25, -0.2) is 4.39 Å². The quantitative estimate of drug-likeness (QED) is 0.860. The van der Waals surface area contributed by atoms with Gasteiger partial charge in [-0.1, -0.05) is 12.1 Å². The summed E-state index contributed by atoms with van der Waals surface area (Å²) >= 11 is 6.74. The minimum absolute atomic E-state index is 0.254. The van der Waals surface area contributed by atoms with Crippen LogP contribution in [0.3, 0.4) is 0 Å². The number of aryl methyl sites for hydroxylation is 1. The van der Waals surface area contributed by atoms with Crippen molar-refractivity contribution in [2.75, 3.05) is 0 Å². The van der Waals surface area contributed by atoms with Gasteiger partial charge < -0.3 is 5.73 Å². The fraction of sp³-hybridized carbons (Fsp3) is 0.154. The Labute approximate surface area is 122 Å². The topological polar surface area (TPSA) is 38.9 Å². The van der Waals surface area contributed by atoms with Crippen molar-refractivity contribution in [2.24, 2.45) is 5.73 Å². The summed E-state index contributed by atoms with van der Waals surface area (Å²) in [5, 5.41) is 0. The van der Waals surface area contributed by atoms with E-state index in [1.165, 1.54) is 6.07 Å². The van der Waals surface area contributed by atoms with Gasteiger partial charge in [0.25, 0.3) is 0 Å². The first-order valence-corrected chi connectivity index (χ1v) is 6.90. The number of pyridine rings is 1. The lowest BCUT2D eigenvalue weighted by Gasteiger charge is -2.14. The van der Waals surface area contributed by atoms with E-state index in [0.29, 0.717) is 16.8 Å². The summed E-state index contributed by atoms with van der Waals surface area (Å²) < 4.78 is 15.2. The number of aromatic nitrogens is 1. The molecule has 0 saturated heterocycles. The van der Waals surface area contributed by atoms with Crippen LogP contribution in [0.1, 0.15) is 22.9 Å². The van der Waals surface area contributed by atoms with Crippen molar-refractivity contribution >= 4 is 31.9 Å². The van der Waals surface area contributed by atoms with Crippen LogP contribution in [0.15, 0.2) is 39.4 Å². The smallest absolute Gasteiger partial charge is 0.126 e. The highest BCUT2D eigenvalue weighted by Gasteiger charge is 2.15. The average molecular weight is 374 g/mol. The van der Waals surface area contributed by atoms with Crippen molar-refractivity contribution in [1.29, 1.82) is 0 Å². The molecule has 2 aromatic rings. The highest BCUT2D eigenvalue weighted by Crippen LogP contribution is 2.27. The summed E-state index contributed by atoms with van der Waals surface area (Å²) in [5.74, 6) is -0.254. The van der Waals surface area contributed by atoms with Crippen molar-refractivity contribution in [3.63, 3.8) is 0 Å². The summed E-state index contributed by atoms with van der Waals surface area (Å²) in [4.78, 5) is 4.27. The molecule has 94 valence electrons. The Balaban J connectivity index is 2.41. The maximum absolute atomic E-state index is 13.5. The van der Waals surface area contributed by atoms with Gasteiger partial charge in [-0.3, -0.25) is 4.98 Å². The van der Waals surface area contributed by atoms with E-state index in [4.69, 9.17) is 5.73 Å². The average Bonchev–Trinajstić information content (AvgIpc) is 2.32. The van der Waals surface area contributed by atoms with Gasteiger partial charge in [0, 0.05) is 15.1 Å². The zero-order valence-corrected chi connectivity index (χ0v) is 12.8. The Morgan fingerprint density at radius 2 is 2.00 bits per heavy atom. The SMILES string of the molecule is Cc1ccc(C(N)c2ncc(Br)cc2Br)cc1F. The zero-order chi connectivity index (χ0) is 13.3. The largest absolute Gasteiger partial charge is 0.319 e. The van der Waals surface area contributed by atoms with Gasteiger partial charge in [-0.2, -0.15) is 0 Å². The molecule has 1 unspecified atom stereocenters. The predicted molar refractivity (Wildman–Crippen MR) is 76.8 cm³/mol. The molecule has 2 N–H and O–H groups in total. The first-order chi connectivity index (χ1) is 8.49. The Morgan fingerprint density at radius 3 is 2.61 bits per heavy atom. The van der Waals surface area contributed by atoms with Gasteiger partial charge in [0.2, 0.25) is 0 Å². The van der Waals surface area contributed by atoms with Crippen LogP contribution in [0, 0.1) is 12.7 Å². The molecule has 1 aromatic carbocycles. The summed E-state index contributed by atoms with van der Waals surface area (Å²) in [6, 6.07) is 6.40. The number of benzene rings is 1. The van der Waals surface area contributed by atoms with Crippen LogP contribution in [-0.2, 0) is 0 Å². The lowest BCUT2D eigenvalue weighted by Crippen LogP contribution is -2.14. The van der Waals surface area contributed by atoms with Gasteiger partial charge in [0.1, 0.15) is 5.82 Å². The predicted octanol–water partition coefficient (Wildman–Crippen LogP) is 4.10. The van der Waals surface area contributed by atoms with E-state index in [9.17, 15) is 4.39 Å². The highest BCUT2D eigenvalue weighted by molar-refractivity contribution is 9.11. The molecule has 0 bridgehead atoms. The molecule has 2 rings (SSSR count). The molecule has 0 radical (unpaired) electrons. The van der Waals surface area contributed by atoms with E-state index < -0.39 is 6.04 Å². The van der Waals surface area contributed by atoms with Crippen LogP contribution >= 0.6 is 31.9 Å².